The van der Waals surface area contributed by atoms with Crippen LogP contribution in [-0.4, -0.2) is 75.7 Å². The number of rotatable bonds is 11. The Kier molecular flexibility index (Phi) is 10.1. The fourth-order valence-corrected chi connectivity index (χ4v) is 5.45. The summed E-state index contributed by atoms with van der Waals surface area (Å²) in [6.07, 6.45) is 0.359. The number of hydrogen-bond donors (Lipinski definition) is 2. The molecule has 0 saturated carbocycles. The number of carbonyl (C=O) groups excluding carboxylic acids is 1. The molecule has 41 heavy (non-hydrogen) atoms. The lowest BCUT2D eigenvalue weighted by atomic mass is 10.1. The zero-order valence-electron chi connectivity index (χ0n) is 23.8. The van der Waals surface area contributed by atoms with Crippen molar-refractivity contribution in [3.8, 4) is 5.69 Å². The van der Waals surface area contributed by atoms with Gasteiger partial charge in [-0.15, -0.1) is 0 Å². The zero-order chi connectivity index (χ0) is 29.8. The van der Waals surface area contributed by atoms with Crippen LogP contribution >= 0.6 is 34.8 Å². The van der Waals surface area contributed by atoms with Gasteiger partial charge in [-0.05, 0) is 56.4 Å². The first kappa shape index (κ1) is 31.0. The van der Waals surface area contributed by atoms with Crippen LogP contribution < -0.4 is 10.9 Å². The Morgan fingerprint density at radius 3 is 2.32 bits per heavy atom. The monoisotopic (exact) mass is 617 g/mol. The van der Waals surface area contributed by atoms with Crippen LogP contribution in [0.5, 0.6) is 0 Å². The number of carbonyl (C=O) groups is 1. The van der Waals surface area contributed by atoms with Gasteiger partial charge in [0.2, 0.25) is 5.91 Å². The van der Waals surface area contributed by atoms with E-state index in [4.69, 9.17) is 39.8 Å². The number of aromatic amines is 1. The number of benzene rings is 2. The topological polar surface area (TPSA) is 99.1 Å². The Balaban J connectivity index is 1.58. The van der Waals surface area contributed by atoms with Crippen molar-refractivity contribution >= 4 is 57.4 Å². The molecule has 2 N–H and O–H groups in total. The number of amides is 1. The van der Waals surface area contributed by atoms with Crippen molar-refractivity contribution < 1.29 is 4.79 Å². The molecule has 0 bridgehead atoms. The molecular weight excluding hydrogens is 585 g/mol. The minimum atomic E-state index is -0.292. The first-order valence-electron chi connectivity index (χ1n) is 13.4. The van der Waals surface area contributed by atoms with Crippen LogP contribution in [-0.2, 0) is 11.2 Å². The molecule has 0 aliphatic heterocycles. The summed E-state index contributed by atoms with van der Waals surface area (Å²) in [4.78, 5) is 37.7. The molecule has 4 aromatic rings. The number of fused-ring (bicyclic) bond motifs is 1. The van der Waals surface area contributed by atoms with E-state index < -0.39 is 0 Å². The van der Waals surface area contributed by atoms with E-state index in [0.717, 1.165) is 25.2 Å². The van der Waals surface area contributed by atoms with Gasteiger partial charge in [-0.2, -0.15) is 5.10 Å². The number of nitrogens with zero attached hydrogens (tertiary/aromatic N) is 5. The van der Waals surface area contributed by atoms with Crippen LogP contribution in [0.15, 0.2) is 41.2 Å². The van der Waals surface area contributed by atoms with Gasteiger partial charge in [-0.3, -0.25) is 14.5 Å². The fourth-order valence-electron chi connectivity index (χ4n) is 4.47. The quantitative estimate of drug-likeness (QED) is 0.227. The lowest BCUT2D eigenvalue weighted by Crippen LogP contribution is -2.37. The van der Waals surface area contributed by atoms with E-state index in [-0.39, 0.29) is 17.4 Å². The highest BCUT2D eigenvalue weighted by Gasteiger charge is 2.23. The molecular formula is C29H34Cl3N7O2. The molecule has 2 aromatic carbocycles. The second-order valence-electron chi connectivity index (χ2n) is 10.5. The molecule has 0 aliphatic carbocycles. The summed E-state index contributed by atoms with van der Waals surface area (Å²) in [5.74, 6) is 0.345. The van der Waals surface area contributed by atoms with Crippen molar-refractivity contribution in [3.63, 3.8) is 0 Å². The summed E-state index contributed by atoms with van der Waals surface area (Å²) in [6.45, 7) is 8.77. The van der Waals surface area contributed by atoms with Gasteiger partial charge < -0.3 is 15.2 Å². The van der Waals surface area contributed by atoms with Gasteiger partial charge in [0.15, 0.2) is 5.65 Å². The van der Waals surface area contributed by atoms with Crippen molar-refractivity contribution in [3.05, 3.63) is 78.9 Å². The first-order chi connectivity index (χ1) is 19.5. The molecule has 0 fully saturated rings. The minimum Gasteiger partial charge on any atom is -0.325 e. The van der Waals surface area contributed by atoms with Gasteiger partial charge >= 0.3 is 0 Å². The number of nitrogens with one attached hydrogen (secondary N) is 2. The summed E-state index contributed by atoms with van der Waals surface area (Å²) in [7, 11) is 4.03. The van der Waals surface area contributed by atoms with Crippen molar-refractivity contribution in [2.24, 2.45) is 0 Å². The van der Waals surface area contributed by atoms with E-state index in [1.54, 1.807) is 12.1 Å². The number of likely N-dealkylation sites (N-methyl/N-ethyl adjacent to an activating group) is 2. The van der Waals surface area contributed by atoms with Gasteiger partial charge in [-0.1, -0.05) is 67.7 Å². The number of hydrogen-bond acceptors (Lipinski definition) is 6. The maximum Gasteiger partial charge on any atom is 0.262 e. The van der Waals surface area contributed by atoms with Crippen LogP contribution in [0, 0.1) is 0 Å². The summed E-state index contributed by atoms with van der Waals surface area (Å²) in [5, 5.41) is 9.01. The third-order valence-corrected chi connectivity index (χ3v) is 7.44. The predicted octanol–water partition coefficient (Wildman–Crippen LogP) is 5.61. The molecule has 0 saturated heterocycles. The molecule has 2 aromatic heterocycles. The van der Waals surface area contributed by atoms with Crippen molar-refractivity contribution in [1.29, 1.82) is 0 Å². The smallest absolute Gasteiger partial charge is 0.262 e. The molecule has 0 radical (unpaired) electrons. The van der Waals surface area contributed by atoms with Gasteiger partial charge in [0, 0.05) is 30.2 Å². The molecule has 2 heterocycles. The maximum absolute atomic E-state index is 13.3. The Bertz CT molecular complexity index is 1570. The van der Waals surface area contributed by atoms with Gasteiger partial charge in [0.1, 0.15) is 16.9 Å². The summed E-state index contributed by atoms with van der Waals surface area (Å²) in [6, 6.07) is 10.6. The molecule has 0 aliphatic rings. The van der Waals surface area contributed by atoms with E-state index >= 15 is 0 Å². The third kappa shape index (κ3) is 7.47. The SMILES string of the molecule is CCN(CCN(C)C)CC(=O)Nc1ccc(Cc2nc3c(c(C(C)C)nn3-c3c(Cl)cc(Cl)cc3Cl)c(=O)[nH]2)cc1. The highest BCUT2D eigenvalue weighted by Crippen LogP contribution is 2.34. The van der Waals surface area contributed by atoms with Gasteiger partial charge in [-0.25, -0.2) is 9.67 Å². The van der Waals surface area contributed by atoms with Crippen LogP contribution in [0.1, 0.15) is 43.8 Å². The third-order valence-electron chi connectivity index (χ3n) is 6.64. The average Bonchev–Trinajstić information content (AvgIpc) is 3.27. The highest BCUT2D eigenvalue weighted by molar-refractivity contribution is 6.40. The van der Waals surface area contributed by atoms with Gasteiger partial charge in [0.25, 0.3) is 5.56 Å². The van der Waals surface area contributed by atoms with E-state index in [1.165, 1.54) is 4.68 Å². The Morgan fingerprint density at radius 2 is 1.73 bits per heavy atom. The molecule has 0 atom stereocenters. The van der Waals surface area contributed by atoms with E-state index in [2.05, 4.69) is 25.2 Å². The van der Waals surface area contributed by atoms with Crippen molar-refractivity contribution in [2.45, 2.75) is 33.1 Å². The molecule has 1 amide bonds. The predicted molar refractivity (Wildman–Crippen MR) is 167 cm³/mol. The highest BCUT2D eigenvalue weighted by atomic mass is 35.5. The standard InChI is InChI=1S/C29H34Cl3N7O2/c1-6-38(12-11-37(4)5)16-24(40)33-20-9-7-18(8-10-20)13-23-34-28-25(29(41)35-23)26(17(2)3)36-39(28)27-21(31)14-19(30)15-22(27)32/h7-10,14-15,17H,6,11-13,16H2,1-5H3,(H,33,40)(H,34,35,41). The molecule has 4 rings (SSSR count). The molecule has 0 unspecified atom stereocenters. The van der Waals surface area contributed by atoms with Crippen LogP contribution in [0.3, 0.4) is 0 Å². The van der Waals surface area contributed by atoms with Crippen molar-refractivity contribution in [2.75, 3.05) is 45.6 Å². The largest absolute Gasteiger partial charge is 0.325 e. The first-order valence-corrected chi connectivity index (χ1v) is 14.5. The fraction of sp³-hybridized carbons (Fsp3) is 0.379. The second-order valence-corrected chi connectivity index (χ2v) is 11.7. The maximum atomic E-state index is 13.3. The number of anilines is 1. The lowest BCUT2D eigenvalue weighted by Gasteiger charge is -2.21. The van der Waals surface area contributed by atoms with Gasteiger partial charge in [0.05, 0.1) is 22.3 Å². The summed E-state index contributed by atoms with van der Waals surface area (Å²) >= 11 is 19.1. The number of H-pyrrole nitrogens is 1. The lowest BCUT2D eigenvalue weighted by molar-refractivity contribution is -0.117. The van der Waals surface area contributed by atoms with Crippen molar-refractivity contribution in [1.82, 2.24) is 29.5 Å². The van der Waals surface area contributed by atoms with Crippen LogP contribution in [0.4, 0.5) is 5.69 Å². The Morgan fingerprint density at radius 1 is 1.07 bits per heavy atom. The molecule has 9 nitrogen and oxygen atoms in total. The molecule has 0 spiro atoms. The normalized spacial score (nSPS) is 11.8. The number of aromatic nitrogens is 4. The molecule has 218 valence electrons. The van der Waals surface area contributed by atoms with Crippen LogP contribution in [0.2, 0.25) is 15.1 Å². The van der Waals surface area contributed by atoms with E-state index in [9.17, 15) is 9.59 Å². The second kappa shape index (κ2) is 13.4. The van der Waals surface area contributed by atoms with E-state index in [0.29, 0.717) is 62.0 Å². The summed E-state index contributed by atoms with van der Waals surface area (Å²) < 4.78 is 1.52. The average molecular weight is 619 g/mol. The zero-order valence-corrected chi connectivity index (χ0v) is 26.0. The Labute approximate surface area is 254 Å². The minimum absolute atomic E-state index is 0.0440. The van der Waals surface area contributed by atoms with E-state index in [1.807, 2.05) is 59.1 Å². The number of halogens is 3. The van der Waals surface area contributed by atoms with Crippen LogP contribution in [0.25, 0.3) is 16.7 Å². The Hall–Kier alpha value is -2.95. The molecule has 12 heteroatoms. The summed E-state index contributed by atoms with van der Waals surface area (Å²) in [5.41, 5.74) is 2.67.